The molecule has 1 aliphatic rings. The van der Waals surface area contributed by atoms with Gasteiger partial charge in [0.2, 0.25) is 0 Å². The molecule has 110 valence electrons. The number of hydrogen-bond donors (Lipinski definition) is 1. The van der Waals surface area contributed by atoms with Crippen molar-refractivity contribution < 1.29 is 4.74 Å². The second-order valence-electron chi connectivity index (χ2n) is 5.09. The fraction of sp³-hybridized carbons (Fsp3) is 0.375. The number of piperazine rings is 1. The van der Waals surface area contributed by atoms with Crippen LogP contribution in [0.15, 0.2) is 30.5 Å². The molecule has 1 N–H and O–H groups in total. The summed E-state index contributed by atoms with van der Waals surface area (Å²) in [7, 11) is 1.69. The molecule has 0 aliphatic carbocycles. The van der Waals surface area contributed by atoms with Crippen LogP contribution >= 0.6 is 0 Å². The largest absolute Gasteiger partial charge is 0.496 e. The Balaban J connectivity index is 2.09. The maximum atomic E-state index is 5.49. The van der Waals surface area contributed by atoms with Gasteiger partial charge in [0.25, 0.3) is 0 Å². The average molecular weight is 284 g/mol. The van der Waals surface area contributed by atoms with Crippen molar-refractivity contribution in [3.05, 3.63) is 36.3 Å². The van der Waals surface area contributed by atoms with Gasteiger partial charge in [0.1, 0.15) is 17.3 Å². The van der Waals surface area contributed by atoms with Crippen LogP contribution in [-0.4, -0.2) is 43.3 Å². The van der Waals surface area contributed by atoms with Crippen LogP contribution in [0.2, 0.25) is 0 Å². The fourth-order valence-electron chi connectivity index (χ4n) is 2.64. The van der Waals surface area contributed by atoms with E-state index in [-0.39, 0.29) is 0 Å². The van der Waals surface area contributed by atoms with E-state index in [0.717, 1.165) is 54.7 Å². The number of anilines is 1. The molecule has 0 amide bonds. The lowest BCUT2D eigenvalue weighted by atomic mass is 10.1. The zero-order chi connectivity index (χ0) is 14.7. The molecule has 1 fully saturated rings. The molecule has 2 aromatic rings. The average Bonchev–Trinajstić information content (AvgIpc) is 2.55. The number of nitrogens with zero attached hydrogens (tertiary/aromatic N) is 3. The van der Waals surface area contributed by atoms with Crippen molar-refractivity contribution in [2.75, 3.05) is 38.2 Å². The van der Waals surface area contributed by atoms with Crippen LogP contribution in [-0.2, 0) is 0 Å². The first-order valence-electron chi connectivity index (χ1n) is 7.22. The second-order valence-corrected chi connectivity index (χ2v) is 5.09. The minimum absolute atomic E-state index is 0.773. The van der Waals surface area contributed by atoms with Crippen LogP contribution in [0, 0.1) is 6.92 Å². The summed E-state index contributed by atoms with van der Waals surface area (Å²) in [6.07, 6.45) is 1.93. The number of para-hydroxylation sites is 1. The standard InChI is InChI=1S/C16H20N4O/c1-12-18-11-14(20-9-7-17-8-10-20)16(19-12)13-5-3-4-6-15(13)21-2/h3-6,11,17H,7-10H2,1-2H3. The maximum absolute atomic E-state index is 5.49. The second kappa shape index (κ2) is 6.10. The normalized spacial score (nSPS) is 15.0. The fourth-order valence-corrected chi connectivity index (χ4v) is 2.64. The van der Waals surface area contributed by atoms with E-state index >= 15 is 0 Å². The lowest BCUT2D eigenvalue weighted by Crippen LogP contribution is -2.43. The van der Waals surface area contributed by atoms with Crippen molar-refractivity contribution in [1.29, 1.82) is 0 Å². The van der Waals surface area contributed by atoms with Crippen LogP contribution in [0.3, 0.4) is 0 Å². The quantitative estimate of drug-likeness (QED) is 0.932. The Morgan fingerprint density at radius 3 is 2.71 bits per heavy atom. The molecule has 3 rings (SSSR count). The summed E-state index contributed by atoms with van der Waals surface area (Å²) in [5.74, 6) is 1.61. The Labute approximate surface area is 125 Å². The Hall–Kier alpha value is -2.14. The van der Waals surface area contributed by atoms with Gasteiger partial charge in [0.15, 0.2) is 0 Å². The summed E-state index contributed by atoms with van der Waals surface area (Å²) >= 11 is 0. The molecule has 1 aromatic heterocycles. The van der Waals surface area contributed by atoms with E-state index < -0.39 is 0 Å². The molecule has 5 heteroatoms. The van der Waals surface area contributed by atoms with Crippen LogP contribution in [0.4, 0.5) is 5.69 Å². The Kier molecular flexibility index (Phi) is 4.01. The number of rotatable bonds is 3. The van der Waals surface area contributed by atoms with E-state index in [1.807, 2.05) is 37.4 Å². The highest BCUT2D eigenvalue weighted by molar-refractivity contribution is 5.78. The predicted octanol–water partition coefficient (Wildman–Crippen LogP) is 1.87. The first-order chi connectivity index (χ1) is 10.3. The van der Waals surface area contributed by atoms with Crippen LogP contribution in [0.25, 0.3) is 11.3 Å². The zero-order valence-electron chi connectivity index (χ0n) is 12.5. The molecule has 0 atom stereocenters. The zero-order valence-corrected chi connectivity index (χ0v) is 12.5. The van der Waals surface area contributed by atoms with Gasteiger partial charge in [-0.1, -0.05) is 12.1 Å². The number of aryl methyl sites for hydroxylation is 1. The summed E-state index contributed by atoms with van der Waals surface area (Å²) in [4.78, 5) is 11.4. The van der Waals surface area contributed by atoms with Gasteiger partial charge in [-0.05, 0) is 19.1 Å². The van der Waals surface area contributed by atoms with Crippen molar-refractivity contribution in [3.63, 3.8) is 0 Å². The van der Waals surface area contributed by atoms with Gasteiger partial charge < -0.3 is 15.0 Å². The summed E-state index contributed by atoms with van der Waals surface area (Å²) in [6, 6.07) is 8.00. The third-order valence-corrected chi connectivity index (χ3v) is 3.71. The topological polar surface area (TPSA) is 50.3 Å². The van der Waals surface area contributed by atoms with Crippen molar-refractivity contribution in [1.82, 2.24) is 15.3 Å². The third kappa shape index (κ3) is 2.83. The van der Waals surface area contributed by atoms with E-state index in [2.05, 4.69) is 20.2 Å². The molecule has 0 bridgehead atoms. The van der Waals surface area contributed by atoms with E-state index in [4.69, 9.17) is 4.74 Å². The molecule has 0 spiro atoms. The highest BCUT2D eigenvalue weighted by Crippen LogP contribution is 2.34. The Bertz CT molecular complexity index is 623. The number of benzene rings is 1. The van der Waals surface area contributed by atoms with Gasteiger partial charge in [-0.2, -0.15) is 0 Å². The highest BCUT2D eigenvalue weighted by atomic mass is 16.5. The van der Waals surface area contributed by atoms with Gasteiger partial charge in [-0.25, -0.2) is 9.97 Å². The van der Waals surface area contributed by atoms with Gasteiger partial charge in [0, 0.05) is 31.7 Å². The van der Waals surface area contributed by atoms with E-state index in [1.54, 1.807) is 7.11 Å². The molecular weight excluding hydrogens is 264 g/mol. The van der Waals surface area contributed by atoms with Gasteiger partial charge >= 0.3 is 0 Å². The molecule has 1 aliphatic heterocycles. The van der Waals surface area contributed by atoms with Gasteiger partial charge in [-0.15, -0.1) is 0 Å². The SMILES string of the molecule is COc1ccccc1-c1nc(C)ncc1N1CCNCC1. The van der Waals surface area contributed by atoms with Crippen LogP contribution in [0.1, 0.15) is 5.82 Å². The van der Waals surface area contributed by atoms with Crippen molar-refractivity contribution in [2.45, 2.75) is 6.92 Å². The molecule has 0 radical (unpaired) electrons. The smallest absolute Gasteiger partial charge is 0.128 e. The number of hydrogen-bond acceptors (Lipinski definition) is 5. The number of ether oxygens (including phenoxy) is 1. The molecule has 0 saturated carbocycles. The summed E-state index contributed by atoms with van der Waals surface area (Å²) in [5.41, 5.74) is 3.03. The molecule has 1 saturated heterocycles. The molecule has 2 heterocycles. The molecule has 5 nitrogen and oxygen atoms in total. The van der Waals surface area contributed by atoms with Gasteiger partial charge in [0.05, 0.1) is 19.0 Å². The van der Waals surface area contributed by atoms with E-state index in [9.17, 15) is 0 Å². The predicted molar refractivity (Wildman–Crippen MR) is 83.8 cm³/mol. The van der Waals surface area contributed by atoms with E-state index in [0.29, 0.717) is 0 Å². The Morgan fingerprint density at radius 2 is 1.95 bits per heavy atom. The first-order valence-corrected chi connectivity index (χ1v) is 7.22. The van der Waals surface area contributed by atoms with Gasteiger partial charge in [-0.3, -0.25) is 0 Å². The van der Waals surface area contributed by atoms with Crippen LogP contribution in [0.5, 0.6) is 5.75 Å². The summed E-state index contributed by atoms with van der Waals surface area (Å²) < 4.78 is 5.49. The minimum Gasteiger partial charge on any atom is -0.496 e. The van der Waals surface area contributed by atoms with Crippen LogP contribution < -0.4 is 15.0 Å². The lowest BCUT2D eigenvalue weighted by Gasteiger charge is -2.30. The minimum atomic E-state index is 0.773. The monoisotopic (exact) mass is 284 g/mol. The summed E-state index contributed by atoms with van der Waals surface area (Å²) in [5, 5.41) is 3.37. The molecular formula is C16H20N4O. The molecule has 21 heavy (non-hydrogen) atoms. The summed E-state index contributed by atoms with van der Waals surface area (Å²) in [6.45, 7) is 5.82. The van der Waals surface area contributed by atoms with Crippen molar-refractivity contribution in [3.8, 4) is 17.0 Å². The first kappa shape index (κ1) is 13.8. The van der Waals surface area contributed by atoms with Crippen molar-refractivity contribution in [2.24, 2.45) is 0 Å². The number of aromatic nitrogens is 2. The lowest BCUT2D eigenvalue weighted by molar-refractivity contribution is 0.416. The van der Waals surface area contributed by atoms with E-state index in [1.165, 1.54) is 0 Å². The molecule has 1 aromatic carbocycles. The Morgan fingerprint density at radius 1 is 1.19 bits per heavy atom. The highest BCUT2D eigenvalue weighted by Gasteiger charge is 2.19. The third-order valence-electron chi connectivity index (χ3n) is 3.71. The van der Waals surface area contributed by atoms with Crippen molar-refractivity contribution >= 4 is 5.69 Å². The number of methoxy groups -OCH3 is 1. The maximum Gasteiger partial charge on any atom is 0.128 e. The number of nitrogens with one attached hydrogen (secondary N) is 1. The molecule has 0 unspecified atom stereocenters.